The number of nitrogens with one attached hydrogen (secondary N) is 1. The van der Waals surface area contributed by atoms with E-state index in [0.717, 1.165) is 16.4 Å². The van der Waals surface area contributed by atoms with E-state index in [-0.39, 0.29) is 21.2 Å². The van der Waals surface area contributed by atoms with Gasteiger partial charge in [0.15, 0.2) is 6.61 Å². The summed E-state index contributed by atoms with van der Waals surface area (Å²) in [7, 11) is -1.10. The number of ether oxygens (including phenoxy) is 1. The molecule has 1 amide bonds. The first-order valence-corrected chi connectivity index (χ1v) is 9.38. The number of halogens is 2. The van der Waals surface area contributed by atoms with Crippen molar-refractivity contribution < 1.29 is 27.1 Å². The van der Waals surface area contributed by atoms with Crippen LogP contribution in [0.25, 0.3) is 0 Å². The highest BCUT2D eigenvalue weighted by atomic mass is 35.5. The van der Waals surface area contributed by atoms with Gasteiger partial charge in [0.25, 0.3) is 5.91 Å². The third kappa shape index (κ3) is 5.03. The lowest BCUT2D eigenvalue weighted by atomic mass is 10.2. The molecule has 0 aliphatic heterocycles. The van der Waals surface area contributed by atoms with E-state index < -0.39 is 34.3 Å². The molecule has 0 saturated carbocycles. The molecule has 10 heteroatoms. The zero-order chi connectivity index (χ0) is 20.2. The van der Waals surface area contributed by atoms with Crippen LogP contribution in [0.2, 0.25) is 5.02 Å². The Morgan fingerprint density at radius 2 is 1.85 bits per heavy atom. The van der Waals surface area contributed by atoms with Gasteiger partial charge in [-0.3, -0.25) is 4.79 Å². The molecule has 144 valence electrons. The van der Waals surface area contributed by atoms with Gasteiger partial charge in [0.05, 0.1) is 21.2 Å². The van der Waals surface area contributed by atoms with Crippen LogP contribution in [-0.2, 0) is 19.6 Å². The van der Waals surface area contributed by atoms with Crippen LogP contribution in [0.3, 0.4) is 0 Å². The van der Waals surface area contributed by atoms with Crippen LogP contribution in [0.15, 0.2) is 47.4 Å². The van der Waals surface area contributed by atoms with E-state index in [9.17, 15) is 22.4 Å². The van der Waals surface area contributed by atoms with Gasteiger partial charge in [-0.05, 0) is 30.3 Å². The second-order valence-electron chi connectivity index (χ2n) is 5.53. The first-order valence-electron chi connectivity index (χ1n) is 7.56. The third-order valence-electron chi connectivity index (χ3n) is 3.42. The monoisotopic (exact) mass is 414 g/mol. The lowest BCUT2D eigenvalue weighted by Gasteiger charge is -2.13. The van der Waals surface area contributed by atoms with Gasteiger partial charge in [0.2, 0.25) is 10.0 Å². The summed E-state index contributed by atoms with van der Waals surface area (Å²) in [6.45, 7) is -0.700. The second kappa shape index (κ2) is 8.47. The number of sulfonamides is 1. The van der Waals surface area contributed by atoms with Crippen molar-refractivity contribution in [2.24, 2.45) is 0 Å². The maximum absolute atomic E-state index is 13.5. The van der Waals surface area contributed by atoms with Crippen LogP contribution in [0.5, 0.6) is 0 Å². The predicted molar refractivity (Wildman–Crippen MR) is 97.6 cm³/mol. The summed E-state index contributed by atoms with van der Waals surface area (Å²) < 4.78 is 43.6. The summed E-state index contributed by atoms with van der Waals surface area (Å²) in [4.78, 5) is 23.8. The molecule has 0 bridgehead atoms. The average Bonchev–Trinajstić information content (AvgIpc) is 2.61. The lowest BCUT2D eigenvalue weighted by Crippen LogP contribution is -2.23. The van der Waals surface area contributed by atoms with Gasteiger partial charge >= 0.3 is 5.97 Å². The summed E-state index contributed by atoms with van der Waals surface area (Å²) in [5.74, 6) is -2.39. The van der Waals surface area contributed by atoms with E-state index in [1.807, 2.05) is 0 Å². The molecule has 0 spiro atoms. The number of nitrogens with zero attached hydrogens (tertiary/aromatic N) is 1. The fraction of sp³-hybridized carbons (Fsp3) is 0.176. The minimum atomic E-state index is -3.78. The highest BCUT2D eigenvalue weighted by molar-refractivity contribution is 7.89. The molecule has 1 N–H and O–H groups in total. The van der Waals surface area contributed by atoms with Crippen LogP contribution >= 0.6 is 11.6 Å². The molecule has 2 aromatic carbocycles. The molecule has 0 radical (unpaired) electrons. The predicted octanol–water partition coefficient (Wildman–Crippen LogP) is 2.52. The Morgan fingerprint density at radius 1 is 1.19 bits per heavy atom. The van der Waals surface area contributed by atoms with E-state index in [2.05, 4.69) is 5.32 Å². The lowest BCUT2D eigenvalue weighted by molar-refractivity contribution is -0.119. The van der Waals surface area contributed by atoms with Gasteiger partial charge in [-0.15, -0.1) is 0 Å². The fourth-order valence-corrected chi connectivity index (χ4v) is 3.11. The van der Waals surface area contributed by atoms with Crippen molar-refractivity contribution in [3.8, 4) is 0 Å². The summed E-state index contributed by atoms with van der Waals surface area (Å²) in [6.07, 6.45) is 0. The molecule has 2 rings (SSSR count). The molecule has 0 atom stereocenters. The van der Waals surface area contributed by atoms with E-state index in [1.54, 1.807) is 0 Å². The number of anilines is 1. The van der Waals surface area contributed by atoms with E-state index in [4.69, 9.17) is 16.3 Å². The SMILES string of the molecule is CN(C)S(=O)(=O)c1ccc(Cl)c(C(=O)OCC(=O)Nc2ccccc2F)c1. The van der Waals surface area contributed by atoms with Gasteiger partial charge in [0.1, 0.15) is 5.82 Å². The Morgan fingerprint density at radius 3 is 2.48 bits per heavy atom. The molecule has 2 aromatic rings. The minimum absolute atomic E-state index is 0.0350. The first-order chi connectivity index (χ1) is 12.6. The van der Waals surface area contributed by atoms with Crippen molar-refractivity contribution in [2.75, 3.05) is 26.0 Å². The maximum atomic E-state index is 13.5. The number of para-hydroxylation sites is 1. The topological polar surface area (TPSA) is 92.8 Å². The molecule has 0 aromatic heterocycles. The number of benzene rings is 2. The van der Waals surface area contributed by atoms with Crippen molar-refractivity contribution >= 4 is 39.2 Å². The average molecular weight is 415 g/mol. The Hall–Kier alpha value is -2.49. The Balaban J connectivity index is 2.10. The van der Waals surface area contributed by atoms with E-state index >= 15 is 0 Å². The highest BCUT2D eigenvalue weighted by Gasteiger charge is 2.22. The number of amides is 1. The summed E-state index contributed by atoms with van der Waals surface area (Å²) >= 11 is 5.93. The number of rotatable bonds is 6. The van der Waals surface area contributed by atoms with Crippen molar-refractivity contribution in [3.63, 3.8) is 0 Å². The molecule has 0 aliphatic rings. The number of esters is 1. The van der Waals surface area contributed by atoms with Crippen molar-refractivity contribution in [1.82, 2.24) is 4.31 Å². The zero-order valence-electron chi connectivity index (χ0n) is 14.4. The van der Waals surface area contributed by atoms with Crippen LogP contribution < -0.4 is 5.32 Å². The molecule has 27 heavy (non-hydrogen) atoms. The van der Waals surface area contributed by atoms with Crippen molar-refractivity contribution in [1.29, 1.82) is 0 Å². The standard InChI is InChI=1S/C17H16ClFN2O5S/c1-21(2)27(24,25)11-7-8-13(18)12(9-11)17(23)26-10-16(22)20-15-6-4-3-5-14(15)19/h3-9H,10H2,1-2H3,(H,20,22). The smallest absolute Gasteiger partial charge is 0.340 e. The van der Waals surface area contributed by atoms with Gasteiger partial charge < -0.3 is 10.1 Å². The fourth-order valence-electron chi connectivity index (χ4n) is 1.99. The third-order valence-corrected chi connectivity index (χ3v) is 5.56. The molecule has 0 heterocycles. The van der Waals surface area contributed by atoms with Crippen molar-refractivity contribution in [2.45, 2.75) is 4.90 Å². The summed E-state index contributed by atoms with van der Waals surface area (Å²) in [5, 5.41) is 2.22. The van der Waals surface area contributed by atoms with E-state index in [1.165, 1.54) is 44.4 Å². The number of carbonyl (C=O) groups excluding carboxylic acids is 2. The Kier molecular flexibility index (Phi) is 6.53. The number of hydrogen-bond donors (Lipinski definition) is 1. The maximum Gasteiger partial charge on any atom is 0.340 e. The quantitative estimate of drug-likeness (QED) is 0.733. The largest absolute Gasteiger partial charge is 0.452 e. The molecule has 0 unspecified atom stereocenters. The van der Waals surface area contributed by atoms with Gasteiger partial charge in [-0.25, -0.2) is 21.9 Å². The number of carbonyl (C=O) groups is 2. The Bertz CT molecular complexity index is 979. The van der Waals surface area contributed by atoms with E-state index in [0.29, 0.717) is 0 Å². The van der Waals surface area contributed by atoms with Gasteiger partial charge in [-0.1, -0.05) is 23.7 Å². The highest BCUT2D eigenvalue weighted by Crippen LogP contribution is 2.23. The van der Waals surface area contributed by atoms with Crippen molar-refractivity contribution in [3.05, 3.63) is 58.9 Å². The molecule has 0 aliphatic carbocycles. The molecule has 0 saturated heterocycles. The molecular formula is C17H16ClFN2O5S. The molecule has 0 fully saturated rings. The zero-order valence-corrected chi connectivity index (χ0v) is 16.0. The Labute approximate surface area is 160 Å². The normalized spacial score (nSPS) is 11.3. The van der Waals surface area contributed by atoms with Crippen LogP contribution in [0.1, 0.15) is 10.4 Å². The van der Waals surface area contributed by atoms with Gasteiger partial charge in [0, 0.05) is 14.1 Å². The second-order valence-corrected chi connectivity index (χ2v) is 8.09. The summed E-state index contributed by atoms with van der Waals surface area (Å²) in [5.41, 5.74) is -0.270. The summed E-state index contributed by atoms with van der Waals surface area (Å²) in [6, 6.07) is 9.06. The van der Waals surface area contributed by atoms with Crippen LogP contribution in [-0.4, -0.2) is 45.3 Å². The van der Waals surface area contributed by atoms with Crippen LogP contribution in [0, 0.1) is 5.82 Å². The first kappa shape index (κ1) is 20.8. The number of hydrogen-bond acceptors (Lipinski definition) is 5. The van der Waals surface area contributed by atoms with Crippen LogP contribution in [0.4, 0.5) is 10.1 Å². The minimum Gasteiger partial charge on any atom is -0.452 e. The molecule has 7 nitrogen and oxygen atoms in total. The van der Waals surface area contributed by atoms with Gasteiger partial charge in [-0.2, -0.15) is 0 Å². The molecular weight excluding hydrogens is 399 g/mol.